The van der Waals surface area contributed by atoms with E-state index in [1.807, 2.05) is 80.6 Å². The number of carbonyl (C=O) groups is 1. The zero-order valence-electron chi connectivity index (χ0n) is 16.8. The molecule has 0 atom stereocenters. The number of hydrogen-bond acceptors (Lipinski definition) is 3. The largest absolute Gasteiger partial charge is 0.497 e. The molecule has 0 fully saturated rings. The molecule has 0 aliphatic carbocycles. The first kappa shape index (κ1) is 20.0. The summed E-state index contributed by atoms with van der Waals surface area (Å²) in [6, 6.07) is 21.4. The van der Waals surface area contributed by atoms with Gasteiger partial charge in [-0.1, -0.05) is 30.3 Å². The summed E-state index contributed by atoms with van der Waals surface area (Å²) in [5.41, 5.74) is 4.86. The third-order valence-corrected chi connectivity index (χ3v) is 4.76. The summed E-state index contributed by atoms with van der Waals surface area (Å²) in [5, 5.41) is 12.3. The Morgan fingerprint density at radius 2 is 1.83 bits per heavy atom. The smallest absolute Gasteiger partial charge is 0.262 e. The van der Waals surface area contributed by atoms with Crippen LogP contribution in [0.2, 0.25) is 0 Å². The lowest BCUT2D eigenvalue weighted by atomic mass is 10.1. The van der Waals surface area contributed by atoms with E-state index in [0.29, 0.717) is 6.54 Å². The van der Waals surface area contributed by atoms with Gasteiger partial charge in [0, 0.05) is 23.6 Å². The highest BCUT2D eigenvalue weighted by Crippen LogP contribution is 2.24. The number of amides is 1. The van der Waals surface area contributed by atoms with Crippen LogP contribution >= 0.6 is 0 Å². The monoisotopic (exact) mass is 385 g/mol. The van der Waals surface area contributed by atoms with E-state index in [4.69, 9.17) is 4.74 Å². The summed E-state index contributed by atoms with van der Waals surface area (Å²) in [7, 11) is 1.64. The lowest BCUT2D eigenvalue weighted by Crippen LogP contribution is -2.23. The molecule has 0 unspecified atom stereocenters. The van der Waals surface area contributed by atoms with E-state index in [9.17, 15) is 10.1 Å². The summed E-state index contributed by atoms with van der Waals surface area (Å²) in [4.78, 5) is 12.5. The highest BCUT2D eigenvalue weighted by atomic mass is 16.5. The van der Waals surface area contributed by atoms with Crippen LogP contribution < -0.4 is 10.1 Å². The molecule has 1 amide bonds. The fraction of sp³-hybridized carbons (Fsp3) is 0.167. The van der Waals surface area contributed by atoms with Crippen LogP contribution in [0.4, 0.5) is 0 Å². The van der Waals surface area contributed by atoms with Gasteiger partial charge in [-0.3, -0.25) is 4.79 Å². The topological polar surface area (TPSA) is 67.0 Å². The minimum atomic E-state index is -0.384. The first-order valence-corrected chi connectivity index (χ1v) is 9.30. The molecule has 0 aliphatic rings. The summed E-state index contributed by atoms with van der Waals surface area (Å²) in [5.74, 6) is 0.406. The number of aromatic nitrogens is 1. The maximum atomic E-state index is 12.5. The Labute approximate surface area is 170 Å². The van der Waals surface area contributed by atoms with E-state index in [1.165, 1.54) is 0 Å². The van der Waals surface area contributed by atoms with Crippen LogP contribution in [0.15, 0.2) is 66.2 Å². The molecule has 0 saturated carbocycles. The number of nitrogens with zero attached hydrogens (tertiary/aromatic N) is 2. The van der Waals surface area contributed by atoms with Gasteiger partial charge in [-0.05, 0) is 61.4 Å². The lowest BCUT2D eigenvalue weighted by molar-refractivity contribution is -0.117. The van der Waals surface area contributed by atoms with Crippen molar-refractivity contribution in [3.63, 3.8) is 0 Å². The van der Waals surface area contributed by atoms with Crippen LogP contribution in [0, 0.1) is 25.2 Å². The van der Waals surface area contributed by atoms with Crippen LogP contribution in [0.1, 0.15) is 22.5 Å². The van der Waals surface area contributed by atoms with Crippen molar-refractivity contribution in [1.82, 2.24) is 9.88 Å². The van der Waals surface area contributed by atoms with E-state index in [-0.39, 0.29) is 11.5 Å². The first-order chi connectivity index (χ1) is 14.0. The van der Waals surface area contributed by atoms with Crippen LogP contribution in [0.5, 0.6) is 5.75 Å². The highest BCUT2D eigenvalue weighted by molar-refractivity contribution is 6.01. The zero-order valence-corrected chi connectivity index (χ0v) is 16.8. The third kappa shape index (κ3) is 4.56. The van der Waals surface area contributed by atoms with Gasteiger partial charge in [0.2, 0.25) is 0 Å². The Balaban J connectivity index is 1.84. The van der Waals surface area contributed by atoms with Crippen molar-refractivity contribution in [2.75, 3.05) is 7.11 Å². The molecule has 0 aliphatic heterocycles. The number of carbonyl (C=O) groups excluding carboxylic acids is 1. The van der Waals surface area contributed by atoms with Gasteiger partial charge in [-0.2, -0.15) is 5.26 Å². The second-order valence-corrected chi connectivity index (χ2v) is 6.70. The second kappa shape index (κ2) is 8.94. The molecule has 1 heterocycles. The van der Waals surface area contributed by atoms with Crippen molar-refractivity contribution in [3.05, 3.63) is 88.8 Å². The Morgan fingerprint density at radius 3 is 2.45 bits per heavy atom. The maximum Gasteiger partial charge on any atom is 0.262 e. The number of nitrogens with one attached hydrogen (secondary N) is 1. The van der Waals surface area contributed by atoms with Gasteiger partial charge in [0.25, 0.3) is 5.91 Å². The molecule has 146 valence electrons. The minimum Gasteiger partial charge on any atom is -0.497 e. The van der Waals surface area contributed by atoms with Gasteiger partial charge >= 0.3 is 0 Å². The minimum absolute atomic E-state index is 0.0795. The van der Waals surface area contributed by atoms with E-state index < -0.39 is 0 Å². The van der Waals surface area contributed by atoms with Gasteiger partial charge < -0.3 is 14.6 Å². The van der Waals surface area contributed by atoms with Crippen LogP contribution in [0.25, 0.3) is 11.8 Å². The number of hydrogen-bond donors (Lipinski definition) is 1. The zero-order chi connectivity index (χ0) is 20.8. The van der Waals surface area contributed by atoms with Gasteiger partial charge in [0.05, 0.1) is 7.11 Å². The summed E-state index contributed by atoms with van der Waals surface area (Å²) >= 11 is 0. The Kier molecular flexibility index (Phi) is 6.16. The van der Waals surface area contributed by atoms with Crippen LogP contribution in [0.3, 0.4) is 0 Å². The number of rotatable bonds is 6. The standard InChI is InChI=1S/C24H23N3O2/c1-17-13-20(18(2)27(17)22-9-11-23(29-3)12-10-22)14-21(15-25)24(28)26-16-19-7-5-4-6-8-19/h4-14H,16H2,1-3H3,(H,26,28)/b21-14+. The number of aryl methyl sites for hydroxylation is 1. The van der Waals surface area contributed by atoms with E-state index >= 15 is 0 Å². The van der Waals surface area contributed by atoms with Crippen LogP contribution in [-0.4, -0.2) is 17.6 Å². The van der Waals surface area contributed by atoms with E-state index in [1.54, 1.807) is 13.2 Å². The predicted molar refractivity (Wildman–Crippen MR) is 114 cm³/mol. The number of benzene rings is 2. The molecule has 2 aromatic carbocycles. The lowest BCUT2D eigenvalue weighted by Gasteiger charge is -2.10. The maximum absolute atomic E-state index is 12.5. The van der Waals surface area contributed by atoms with Gasteiger partial charge in [-0.25, -0.2) is 0 Å². The molecule has 0 saturated heterocycles. The highest BCUT2D eigenvalue weighted by Gasteiger charge is 2.13. The van der Waals surface area contributed by atoms with Crippen molar-refractivity contribution in [3.8, 4) is 17.5 Å². The first-order valence-electron chi connectivity index (χ1n) is 9.30. The number of methoxy groups -OCH3 is 1. The molecule has 5 nitrogen and oxygen atoms in total. The Bertz CT molecular complexity index is 1070. The third-order valence-electron chi connectivity index (χ3n) is 4.76. The van der Waals surface area contributed by atoms with Crippen LogP contribution in [-0.2, 0) is 11.3 Å². The summed E-state index contributed by atoms with van der Waals surface area (Å²) < 4.78 is 7.31. The Morgan fingerprint density at radius 1 is 1.14 bits per heavy atom. The molecule has 0 radical (unpaired) electrons. The summed E-state index contributed by atoms with van der Waals surface area (Å²) in [6.07, 6.45) is 1.64. The fourth-order valence-electron chi connectivity index (χ4n) is 3.24. The molecular weight excluding hydrogens is 362 g/mol. The molecule has 3 rings (SSSR count). The normalized spacial score (nSPS) is 11.0. The average molecular weight is 385 g/mol. The summed E-state index contributed by atoms with van der Waals surface area (Å²) in [6.45, 7) is 4.35. The number of nitriles is 1. The molecular formula is C24H23N3O2. The molecule has 5 heteroatoms. The van der Waals surface area contributed by atoms with Crippen molar-refractivity contribution >= 4 is 12.0 Å². The van der Waals surface area contributed by atoms with Crippen molar-refractivity contribution in [2.24, 2.45) is 0 Å². The molecule has 29 heavy (non-hydrogen) atoms. The van der Waals surface area contributed by atoms with Crippen molar-refractivity contribution in [1.29, 1.82) is 5.26 Å². The predicted octanol–water partition coefficient (Wildman–Crippen LogP) is 4.33. The molecule has 1 N–H and O–H groups in total. The van der Waals surface area contributed by atoms with E-state index in [2.05, 4.69) is 9.88 Å². The van der Waals surface area contributed by atoms with Gasteiger partial charge in [-0.15, -0.1) is 0 Å². The number of ether oxygens (including phenoxy) is 1. The second-order valence-electron chi connectivity index (χ2n) is 6.70. The van der Waals surface area contributed by atoms with Gasteiger partial charge in [0.1, 0.15) is 17.4 Å². The SMILES string of the molecule is COc1ccc(-n2c(C)cc(/C=C(\C#N)C(=O)NCc3ccccc3)c2C)cc1. The van der Waals surface area contributed by atoms with E-state index in [0.717, 1.165) is 34.0 Å². The molecule has 0 bridgehead atoms. The quantitative estimate of drug-likeness (QED) is 0.507. The van der Waals surface area contributed by atoms with Crippen molar-refractivity contribution < 1.29 is 9.53 Å². The fourth-order valence-corrected chi connectivity index (χ4v) is 3.24. The molecule has 3 aromatic rings. The molecule has 0 spiro atoms. The van der Waals surface area contributed by atoms with Crippen molar-refractivity contribution in [2.45, 2.75) is 20.4 Å². The average Bonchev–Trinajstić information content (AvgIpc) is 3.03. The Hall–Kier alpha value is -3.78. The van der Waals surface area contributed by atoms with Gasteiger partial charge in [0.15, 0.2) is 0 Å². The molecule has 1 aromatic heterocycles.